The lowest BCUT2D eigenvalue weighted by molar-refractivity contribution is -0.125. The number of amides is 1. The smallest absolute Gasteiger partial charge is 0.246 e. The number of likely N-dealkylation sites (tertiary alicyclic amines) is 1. The zero-order valence-electron chi connectivity index (χ0n) is 19.0. The van der Waals surface area contributed by atoms with E-state index in [1.165, 1.54) is 24.9 Å². The average Bonchev–Trinajstić information content (AvgIpc) is 3.53. The van der Waals surface area contributed by atoms with Gasteiger partial charge in [-0.15, -0.1) is 11.3 Å². The normalized spacial score (nSPS) is 18.0. The highest BCUT2D eigenvalue weighted by Gasteiger charge is 2.28. The number of fused-ring (bicyclic) bond motifs is 2. The highest BCUT2D eigenvalue weighted by atomic mass is 32.1. The Kier molecular flexibility index (Phi) is 5.26. The van der Waals surface area contributed by atoms with E-state index in [4.69, 9.17) is 10.7 Å². The van der Waals surface area contributed by atoms with Crippen molar-refractivity contribution in [3.63, 3.8) is 0 Å². The Hall–Kier alpha value is -3.77. The first kappa shape index (κ1) is 21.7. The standard InChI is InChI=1S/C26H23FN6OS/c1-2-22(34)32-9-8-18(13-32)33-12-17(23-24(28)29-14-30-25(23)33)7-6-16-10-20-21(11-19(16)27)35-26(31-20)15-4-3-5-15/h2,10-12,14-15,18H,1,3-5,8-9,13H2,(H2,28,29,30). The van der Waals surface area contributed by atoms with Gasteiger partial charge in [0.25, 0.3) is 0 Å². The van der Waals surface area contributed by atoms with E-state index in [-0.39, 0.29) is 17.8 Å². The summed E-state index contributed by atoms with van der Waals surface area (Å²) in [6.45, 7) is 4.76. The van der Waals surface area contributed by atoms with Gasteiger partial charge in [0.15, 0.2) is 0 Å². The maximum Gasteiger partial charge on any atom is 0.246 e. The molecule has 1 unspecified atom stereocenters. The third kappa shape index (κ3) is 3.74. The van der Waals surface area contributed by atoms with Gasteiger partial charge in [-0.05, 0) is 37.5 Å². The molecule has 0 spiro atoms. The van der Waals surface area contributed by atoms with E-state index in [1.54, 1.807) is 22.3 Å². The summed E-state index contributed by atoms with van der Waals surface area (Å²) in [5.74, 6) is 6.45. The molecule has 35 heavy (non-hydrogen) atoms. The number of rotatable bonds is 3. The molecule has 2 fully saturated rings. The Balaban J connectivity index is 1.38. The van der Waals surface area contributed by atoms with Gasteiger partial charge in [-0.2, -0.15) is 0 Å². The molecule has 1 aliphatic heterocycles. The molecule has 3 aromatic heterocycles. The van der Waals surface area contributed by atoms with Crippen LogP contribution in [0.5, 0.6) is 0 Å². The molecule has 6 rings (SSSR count). The number of halogens is 1. The lowest BCUT2D eigenvalue weighted by Gasteiger charge is -2.22. The summed E-state index contributed by atoms with van der Waals surface area (Å²) in [5, 5.41) is 1.72. The topological polar surface area (TPSA) is 89.9 Å². The fraction of sp³-hybridized carbons (Fsp3) is 0.308. The van der Waals surface area contributed by atoms with Crippen LogP contribution >= 0.6 is 11.3 Å². The summed E-state index contributed by atoms with van der Waals surface area (Å²) in [4.78, 5) is 27.1. The largest absolute Gasteiger partial charge is 0.383 e. The van der Waals surface area contributed by atoms with Crippen LogP contribution in [-0.4, -0.2) is 43.4 Å². The van der Waals surface area contributed by atoms with Gasteiger partial charge in [0.05, 0.1) is 37.8 Å². The Morgan fingerprint density at radius 2 is 2.06 bits per heavy atom. The second-order valence-corrected chi connectivity index (χ2v) is 10.1. The van der Waals surface area contributed by atoms with Crippen molar-refractivity contribution < 1.29 is 9.18 Å². The number of nitrogen functional groups attached to an aromatic ring is 1. The number of aromatic nitrogens is 4. The SMILES string of the molecule is C=CC(=O)N1CCC(n2cc(C#Cc3cc4nc(C5CCC5)sc4cc3F)c3c(N)ncnc32)C1. The molecule has 7 nitrogen and oxygen atoms in total. The summed E-state index contributed by atoms with van der Waals surface area (Å²) < 4.78 is 17.8. The first-order valence-corrected chi connectivity index (χ1v) is 12.5. The van der Waals surface area contributed by atoms with Crippen LogP contribution in [0.3, 0.4) is 0 Å². The van der Waals surface area contributed by atoms with Crippen LogP contribution in [-0.2, 0) is 4.79 Å². The zero-order chi connectivity index (χ0) is 24.1. The molecular formula is C26H23FN6OS. The maximum atomic E-state index is 14.9. The molecule has 9 heteroatoms. The number of nitrogens with two attached hydrogens (primary N) is 1. The van der Waals surface area contributed by atoms with Crippen LogP contribution in [0.15, 0.2) is 37.3 Å². The Morgan fingerprint density at radius 1 is 1.23 bits per heavy atom. The molecule has 2 aliphatic rings. The van der Waals surface area contributed by atoms with Gasteiger partial charge in [0.2, 0.25) is 5.91 Å². The van der Waals surface area contributed by atoms with Gasteiger partial charge in [0, 0.05) is 25.2 Å². The van der Waals surface area contributed by atoms with Crippen LogP contribution < -0.4 is 5.73 Å². The quantitative estimate of drug-likeness (QED) is 0.343. The van der Waals surface area contributed by atoms with Crippen molar-refractivity contribution in [3.05, 3.63) is 59.3 Å². The molecule has 1 aliphatic carbocycles. The van der Waals surface area contributed by atoms with Gasteiger partial charge in [-0.3, -0.25) is 4.79 Å². The van der Waals surface area contributed by atoms with Crippen molar-refractivity contribution in [3.8, 4) is 11.8 Å². The Labute approximate surface area is 205 Å². The van der Waals surface area contributed by atoms with Gasteiger partial charge in [0.1, 0.15) is 23.6 Å². The van der Waals surface area contributed by atoms with E-state index >= 15 is 0 Å². The fourth-order valence-corrected chi connectivity index (χ4v) is 5.95. The molecule has 176 valence electrons. The first-order chi connectivity index (χ1) is 17.0. The Morgan fingerprint density at radius 3 is 2.83 bits per heavy atom. The number of benzene rings is 1. The molecule has 1 atom stereocenters. The third-order valence-corrected chi connectivity index (χ3v) is 8.14. The lowest BCUT2D eigenvalue weighted by atomic mass is 9.86. The number of hydrogen-bond donors (Lipinski definition) is 1. The van der Waals surface area contributed by atoms with Gasteiger partial charge in [-0.1, -0.05) is 24.8 Å². The first-order valence-electron chi connectivity index (χ1n) is 11.7. The van der Waals surface area contributed by atoms with Crippen molar-refractivity contribution in [2.24, 2.45) is 0 Å². The molecular weight excluding hydrogens is 463 g/mol. The second kappa shape index (κ2) is 8.47. The van der Waals surface area contributed by atoms with Crippen LogP contribution in [0, 0.1) is 17.7 Å². The lowest BCUT2D eigenvalue weighted by Crippen LogP contribution is -2.27. The third-order valence-electron chi connectivity index (χ3n) is 6.96. The van der Waals surface area contributed by atoms with Crippen LogP contribution in [0.25, 0.3) is 21.3 Å². The van der Waals surface area contributed by atoms with Crippen molar-refractivity contribution in [2.75, 3.05) is 18.8 Å². The number of nitrogens with zero attached hydrogens (tertiary/aromatic N) is 5. The minimum Gasteiger partial charge on any atom is -0.383 e. The molecule has 2 N–H and O–H groups in total. The molecule has 0 bridgehead atoms. The number of anilines is 1. The number of carbonyl (C=O) groups excluding carboxylic acids is 1. The molecule has 4 aromatic rings. The van der Waals surface area contributed by atoms with Crippen LogP contribution in [0.2, 0.25) is 0 Å². The highest BCUT2D eigenvalue weighted by molar-refractivity contribution is 7.18. The van der Waals surface area contributed by atoms with Crippen molar-refractivity contribution in [1.29, 1.82) is 0 Å². The predicted molar refractivity (Wildman–Crippen MR) is 135 cm³/mol. The molecule has 1 saturated heterocycles. The van der Waals surface area contributed by atoms with Crippen LogP contribution in [0.1, 0.15) is 53.8 Å². The van der Waals surface area contributed by atoms with Crippen LogP contribution in [0.4, 0.5) is 10.2 Å². The van der Waals surface area contributed by atoms with Crippen molar-refractivity contribution >= 4 is 44.3 Å². The second-order valence-electron chi connectivity index (χ2n) is 9.07. The summed E-state index contributed by atoms with van der Waals surface area (Å²) in [6, 6.07) is 3.29. The summed E-state index contributed by atoms with van der Waals surface area (Å²) in [6.07, 6.45) is 8.95. The van der Waals surface area contributed by atoms with Crippen molar-refractivity contribution in [1.82, 2.24) is 24.4 Å². The van der Waals surface area contributed by atoms with E-state index in [2.05, 4.69) is 28.4 Å². The van der Waals surface area contributed by atoms with Gasteiger partial charge >= 0.3 is 0 Å². The molecule has 1 aromatic carbocycles. The minimum atomic E-state index is -0.365. The fourth-order valence-electron chi connectivity index (χ4n) is 4.81. The minimum absolute atomic E-state index is 0.0271. The highest BCUT2D eigenvalue weighted by Crippen LogP contribution is 2.40. The summed E-state index contributed by atoms with van der Waals surface area (Å²) in [7, 11) is 0. The number of carbonyl (C=O) groups is 1. The zero-order valence-corrected chi connectivity index (χ0v) is 19.8. The predicted octanol–water partition coefficient (Wildman–Crippen LogP) is 4.39. The molecule has 0 radical (unpaired) electrons. The van der Waals surface area contributed by atoms with E-state index in [0.717, 1.165) is 34.5 Å². The monoisotopic (exact) mass is 486 g/mol. The Bertz CT molecular complexity index is 1560. The summed E-state index contributed by atoms with van der Waals surface area (Å²) >= 11 is 1.57. The van der Waals surface area contributed by atoms with Gasteiger partial charge in [-0.25, -0.2) is 19.3 Å². The van der Waals surface area contributed by atoms with E-state index in [1.807, 2.05) is 10.8 Å². The van der Waals surface area contributed by atoms with E-state index < -0.39 is 0 Å². The molecule has 4 heterocycles. The average molecular weight is 487 g/mol. The molecule has 1 saturated carbocycles. The molecule has 1 amide bonds. The number of hydrogen-bond acceptors (Lipinski definition) is 6. The summed E-state index contributed by atoms with van der Waals surface area (Å²) in [5.41, 5.74) is 8.55. The van der Waals surface area contributed by atoms with Crippen molar-refractivity contribution in [2.45, 2.75) is 37.6 Å². The van der Waals surface area contributed by atoms with E-state index in [0.29, 0.717) is 47.0 Å². The van der Waals surface area contributed by atoms with E-state index in [9.17, 15) is 9.18 Å². The van der Waals surface area contributed by atoms with Gasteiger partial charge < -0.3 is 15.2 Å². The number of thiazole rings is 1. The maximum absolute atomic E-state index is 14.9.